The molecule has 0 spiro atoms. The van der Waals surface area contributed by atoms with Crippen LogP contribution < -0.4 is 10.9 Å². The molecule has 1 aliphatic carbocycles. The zero-order valence-corrected chi connectivity index (χ0v) is 16.9. The Labute approximate surface area is 170 Å². The fourth-order valence-electron chi connectivity index (χ4n) is 4.22. The van der Waals surface area contributed by atoms with E-state index in [1.807, 2.05) is 6.92 Å². The quantitative estimate of drug-likeness (QED) is 0.786. The predicted molar refractivity (Wildman–Crippen MR) is 109 cm³/mol. The molecular weight excluding hydrogens is 368 g/mol. The van der Waals surface area contributed by atoms with Crippen molar-refractivity contribution in [3.05, 3.63) is 51.5 Å². The first-order chi connectivity index (χ1) is 14.1. The van der Waals surface area contributed by atoms with E-state index in [4.69, 9.17) is 0 Å². The summed E-state index contributed by atoms with van der Waals surface area (Å²) in [5.74, 6) is -0.195. The SMILES string of the molecule is Cc1cnc(C(=O)NCC2CCCCN2CCn2nc3c(cc2=O)CCC3)cn1. The van der Waals surface area contributed by atoms with Gasteiger partial charge in [-0.25, -0.2) is 9.67 Å². The molecule has 1 saturated heterocycles. The summed E-state index contributed by atoms with van der Waals surface area (Å²) in [4.78, 5) is 35.3. The minimum atomic E-state index is -0.195. The van der Waals surface area contributed by atoms with Crippen molar-refractivity contribution in [3.8, 4) is 0 Å². The maximum atomic E-state index is 12.4. The van der Waals surface area contributed by atoms with E-state index in [1.54, 1.807) is 16.9 Å². The van der Waals surface area contributed by atoms with Gasteiger partial charge in [-0.05, 0) is 51.1 Å². The number of piperidine rings is 1. The first-order valence-electron chi connectivity index (χ1n) is 10.5. The van der Waals surface area contributed by atoms with E-state index in [9.17, 15) is 9.59 Å². The molecule has 1 amide bonds. The number of carbonyl (C=O) groups excluding carboxylic acids is 1. The number of carbonyl (C=O) groups is 1. The lowest BCUT2D eigenvalue weighted by atomic mass is 10.0. The molecule has 0 bridgehead atoms. The van der Waals surface area contributed by atoms with Crippen molar-refractivity contribution < 1.29 is 4.79 Å². The Morgan fingerprint density at radius 3 is 2.90 bits per heavy atom. The van der Waals surface area contributed by atoms with Gasteiger partial charge in [0.2, 0.25) is 0 Å². The zero-order valence-electron chi connectivity index (χ0n) is 16.9. The summed E-state index contributed by atoms with van der Waals surface area (Å²) in [5, 5.41) is 7.57. The van der Waals surface area contributed by atoms with Crippen molar-refractivity contribution in [3.63, 3.8) is 0 Å². The minimum Gasteiger partial charge on any atom is -0.349 e. The van der Waals surface area contributed by atoms with Crippen molar-refractivity contribution >= 4 is 5.91 Å². The largest absolute Gasteiger partial charge is 0.349 e. The molecular formula is C21H28N6O2. The molecule has 154 valence electrons. The van der Waals surface area contributed by atoms with Crippen LogP contribution in [0.25, 0.3) is 0 Å². The summed E-state index contributed by atoms with van der Waals surface area (Å²) < 4.78 is 1.61. The van der Waals surface area contributed by atoms with Crippen LogP contribution in [0.4, 0.5) is 0 Å². The van der Waals surface area contributed by atoms with Crippen LogP contribution in [0.15, 0.2) is 23.3 Å². The lowest BCUT2D eigenvalue weighted by Gasteiger charge is -2.35. The van der Waals surface area contributed by atoms with Gasteiger partial charge in [0.05, 0.1) is 24.1 Å². The smallest absolute Gasteiger partial charge is 0.271 e. The molecule has 1 N–H and O–H groups in total. The Morgan fingerprint density at radius 2 is 2.07 bits per heavy atom. The molecule has 1 unspecified atom stereocenters. The van der Waals surface area contributed by atoms with E-state index in [-0.39, 0.29) is 17.5 Å². The third kappa shape index (κ3) is 4.70. The highest BCUT2D eigenvalue weighted by Crippen LogP contribution is 2.18. The van der Waals surface area contributed by atoms with Crippen LogP contribution in [0, 0.1) is 6.92 Å². The number of likely N-dealkylation sites (tertiary alicyclic amines) is 1. The maximum absolute atomic E-state index is 12.4. The molecule has 2 aliphatic rings. The van der Waals surface area contributed by atoms with E-state index in [1.165, 1.54) is 6.20 Å². The second kappa shape index (κ2) is 8.82. The predicted octanol–water partition coefficient (Wildman–Crippen LogP) is 1.11. The van der Waals surface area contributed by atoms with Gasteiger partial charge in [0, 0.05) is 31.4 Å². The Hall–Kier alpha value is -2.61. The standard InChI is InChI=1S/C21H28N6O2/c1-15-12-23-19(14-22-15)21(29)24-13-17-6-2-3-8-26(17)9-10-27-20(28)11-16-5-4-7-18(16)25-27/h11-12,14,17H,2-10,13H2,1H3,(H,24,29). The minimum absolute atomic E-state index is 0.00884. The number of aryl methyl sites for hydroxylation is 3. The Balaban J connectivity index is 1.35. The van der Waals surface area contributed by atoms with Gasteiger partial charge in [-0.2, -0.15) is 5.10 Å². The molecule has 2 aromatic heterocycles. The van der Waals surface area contributed by atoms with Crippen LogP contribution in [-0.2, 0) is 19.4 Å². The van der Waals surface area contributed by atoms with Crippen molar-refractivity contribution in [2.45, 2.75) is 58.0 Å². The van der Waals surface area contributed by atoms with Crippen LogP contribution >= 0.6 is 0 Å². The first-order valence-corrected chi connectivity index (χ1v) is 10.5. The van der Waals surface area contributed by atoms with Gasteiger partial charge in [-0.1, -0.05) is 6.42 Å². The van der Waals surface area contributed by atoms with E-state index in [0.29, 0.717) is 18.8 Å². The molecule has 8 heteroatoms. The van der Waals surface area contributed by atoms with Gasteiger partial charge < -0.3 is 5.32 Å². The number of amides is 1. The fourth-order valence-corrected chi connectivity index (χ4v) is 4.22. The third-order valence-corrected chi connectivity index (χ3v) is 5.88. The van der Waals surface area contributed by atoms with Crippen molar-refractivity contribution in [2.24, 2.45) is 0 Å². The molecule has 8 nitrogen and oxygen atoms in total. The molecule has 4 rings (SSSR count). The van der Waals surface area contributed by atoms with Crippen molar-refractivity contribution in [2.75, 3.05) is 19.6 Å². The zero-order chi connectivity index (χ0) is 20.2. The summed E-state index contributed by atoms with van der Waals surface area (Å²) in [7, 11) is 0. The lowest BCUT2D eigenvalue weighted by Crippen LogP contribution is -2.48. The Morgan fingerprint density at radius 1 is 1.17 bits per heavy atom. The summed E-state index contributed by atoms with van der Waals surface area (Å²) in [6.07, 6.45) is 9.46. The van der Waals surface area contributed by atoms with E-state index in [0.717, 1.165) is 68.6 Å². The van der Waals surface area contributed by atoms with Gasteiger partial charge in [-0.15, -0.1) is 0 Å². The summed E-state index contributed by atoms with van der Waals surface area (Å²) in [6.45, 7) is 4.73. The molecule has 0 aromatic carbocycles. The van der Waals surface area contributed by atoms with Gasteiger partial charge >= 0.3 is 0 Å². The summed E-state index contributed by atoms with van der Waals surface area (Å²) in [5.41, 5.74) is 3.31. The van der Waals surface area contributed by atoms with Crippen LogP contribution in [0.1, 0.15) is 53.1 Å². The highest BCUT2D eigenvalue weighted by atomic mass is 16.2. The lowest BCUT2D eigenvalue weighted by molar-refractivity contribution is 0.0904. The molecule has 1 atom stereocenters. The van der Waals surface area contributed by atoms with Gasteiger partial charge in [0.15, 0.2) is 0 Å². The fraction of sp³-hybridized carbons (Fsp3) is 0.571. The third-order valence-electron chi connectivity index (χ3n) is 5.88. The molecule has 0 saturated carbocycles. The number of aromatic nitrogens is 4. The van der Waals surface area contributed by atoms with Gasteiger partial charge in [0.1, 0.15) is 5.69 Å². The van der Waals surface area contributed by atoms with Crippen molar-refractivity contribution in [1.82, 2.24) is 30.0 Å². The first kappa shape index (κ1) is 19.7. The number of rotatable bonds is 6. The molecule has 1 fully saturated rings. The maximum Gasteiger partial charge on any atom is 0.271 e. The van der Waals surface area contributed by atoms with Gasteiger partial charge in [-0.3, -0.25) is 19.5 Å². The van der Waals surface area contributed by atoms with Crippen LogP contribution in [0.2, 0.25) is 0 Å². The monoisotopic (exact) mass is 396 g/mol. The average Bonchev–Trinajstić information content (AvgIpc) is 3.18. The van der Waals surface area contributed by atoms with E-state index in [2.05, 4.69) is 25.3 Å². The summed E-state index contributed by atoms with van der Waals surface area (Å²) >= 11 is 0. The average molecular weight is 396 g/mol. The number of hydrogen-bond acceptors (Lipinski definition) is 6. The second-order valence-corrected chi connectivity index (χ2v) is 7.97. The topological polar surface area (TPSA) is 93.0 Å². The van der Waals surface area contributed by atoms with Crippen LogP contribution in [0.5, 0.6) is 0 Å². The van der Waals surface area contributed by atoms with Gasteiger partial charge in [0.25, 0.3) is 11.5 Å². The molecule has 2 aromatic rings. The normalized spacial score (nSPS) is 19.1. The molecule has 0 radical (unpaired) electrons. The van der Waals surface area contributed by atoms with E-state index < -0.39 is 0 Å². The second-order valence-electron chi connectivity index (χ2n) is 7.97. The number of hydrogen-bond donors (Lipinski definition) is 1. The Bertz CT molecular complexity index is 924. The molecule has 3 heterocycles. The van der Waals surface area contributed by atoms with Crippen LogP contribution in [0.3, 0.4) is 0 Å². The summed E-state index contributed by atoms with van der Waals surface area (Å²) in [6, 6.07) is 2.02. The number of nitrogens with zero attached hydrogens (tertiary/aromatic N) is 5. The number of fused-ring (bicyclic) bond motifs is 1. The van der Waals surface area contributed by atoms with Crippen molar-refractivity contribution in [1.29, 1.82) is 0 Å². The van der Waals surface area contributed by atoms with Crippen LogP contribution in [-0.4, -0.2) is 56.2 Å². The molecule has 1 aliphatic heterocycles. The number of nitrogens with one attached hydrogen (secondary N) is 1. The highest BCUT2D eigenvalue weighted by Gasteiger charge is 2.23. The molecule has 29 heavy (non-hydrogen) atoms. The van der Waals surface area contributed by atoms with E-state index >= 15 is 0 Å². The highest BCUT2D eigenvalue weighted by molar-refractivity contribution is 5.91. The Kier molecular flexibility index (Phi) is 5.99.